The molecule has 7 nitrogen and oxygen atoms in total. The molecule has 0 unspecified atom stereocenters. The number of phenols is 1. The highest BCUT2D eigenvalue weighted by molar-refractivity contribution is 5.90. The number of allylic oxidation sites excluding steroid dienone is 2. The standard InChI is InChI=1S/C25H37N5O2/c1-15-10-22(32-7)18-11-17(21(31)12-20(18)28-15)19(26)8-9-23(27)30(6)16-13-24(2,3)29-25(4,5)14-16/h8-12,16,29,31H,13-14,26-27H2,1-7H3/b19-8-,23-9+. The molecule has 7 heteroatoms. The summed E-state index contributed by atoms with van der Waals surface area (Å²) >= 11 is 0. The number of aromatic hydroxyl groups is 1. The van der Waals surface area contributed by atoms with Gasteiger partial charge in [-0.05, 0) is 65.7 Å². The first-order valence-electron chi connectivity index (χ1n) is 11.0. The molecule has 2 heterocycles. The van der Waals surface area contributed by atoms with E-state index in [-0.39, 0.29) is 16.8 Å². The Bertz CT molecular complexity index is 1060. The molecule has 0 amide bonds. The van der Waals surface area contributed by atoms with E-state index in [1.807, 2.05) is 20.0 Å². The zero-order chi connectivity index (χ0) is 23.8. The minimum Gasteiger partial charge on any atom is -0.507 e. The fourth-order valence-corrected chi connectivity index (χ4v) is 4.89. The van der Waals surface area contributed by atoms with Crippen LogP contribution >= 0.6 is 0 Å². The third kappa shape index (κ3) is 5.10. The van der Waals surface area contributed by atoms with Gasteiger partial charge in [-0.2, -0.15) is 0 Å². The largest absolute Gasteiger partial charge is 0.507 e. The summed E-state index contributed by atoms with van der Waals surface area (Å²) in [5.74, 6) is 1.38. The number of fused-ring (bicyclic) bond motifs is 1. The summed E-state index contributed by atoms with van der Waals surface area (Å²) in [6, 6.07) is 5.57. The molecule has 1 aliphatic rings. The summed E-state index contributed by atoms with van der Waals surface area (Å²) in [5, 5.41) is 15.0. The van der Waals surface area contributed by atoms with Crippen molar-refractivity contribution in [3.8, 4) is 11.5 Å². The summed E-state index contributed by atoms with van der Waals surface area (Å²) in [7, 11) is 3.63. The topological polar surface area (TPSA) is 110 Å². The van der Waals surface area contributed by atoms with Gasteiger partial charge in [0.2, 0.25) is 0 Å². The maximum absolute atomic E-state index is 10.6. The molecule has 1 aromatic heterocycles. The Balaban J connectivity index is 1.89. The van der Waals surface area contributed by atoms with Crippen LogP contribution in [-0.2, 0) is 0 Å². The SMILES string of the molecule is COc1cc(C)nc2cc(O)c(/C(N)=C/C=C(\N)N(C)C3CC(C)(C)NC(C)(C)C3)cc12. The molecule has 0 saturated carbocycles. The first kappa shape index (κ1) is 23.7. The minimum absolute atomic E-state index is 0.0259. The Kier molecular flexibility index (Phi) is 6.33. The second-order valence-corrected chi connectivity index (χ2v) is 10.1. The van der Waals surface area contributed by atoms with Gasteiger partial charge in [0, 0.05) is 58.6 Å². The van der Waals surface area contributed by atoms with Crippen LogP contribution in [0.5, 0.6) is 11.5 Å². The van der Waals surface area contributed by atoms with E-state index in [1.54, 1.807) is 31.4 Å². The lowest BCUT2D eigenvalue weighted by atomic mass is 9.79. The van der Waals surface area contributed by atoms with E-state index in [9.17, 15) is 5.11 Å². The molecule has 0 aliphatic carbocycles. The van der Waals surface area contributed by atoms with Crippen LogP contribution in [0.4, 0.5) is 0 Å². The number of benzene rings is 1. The fraction of sp³-hybridized carbons (Fsp3) is 0.480. The minimum atomic E-state index is 0.0259. The van der Waals surface area contributed by atoms with Crippen molar-refractivity contribution in [1.82, 2.24) is 15.2 Å². The molecular weight excluding hydrogens is 402 g/mol. The molecule has 174 valence electrons. The van der Waals surface area contributed by atoms with Gasteiger partial charge in [0.05, 0.1) is 18.4 Å². The van der Waals surface area contributed by atoms with Crippen molar-refractivity contribution in [2.45, 2.75) is 64.6 Å². The molecule has 1 fully saturated rings. The third-order valence-corrected chi connectivity index (χ3v) is 6.10. The average Bonchev–Trinajstić information content (AvgIpc) is 2.67. The number of methoxy groups -OCH3 is 1. The molecule has 0 bridgehead atoms. The van der Waals surface area contributed by atoms with Crippen molar-refractivity contribution in [3.05, 3.63) is 47.4 Å². The number of aromatic nitrogens is 1. The van der Waals surface area contributed by atoms with Crippen LogP contribution in [0, 0.1) is 6.92 Å². The number of rotatable bonds is 5. The summed E-state index contributed by atoms with van der Waals surface area (Å²) in [4.78, 5) is 6.59. The predicted octanol–water partition coefficient (Wildman–Crippen LogP) is 3.60. The maximum Gasteiger partial charge on any atom is 0.130 e. The fourth-order valence-electron chi connectivity index (χ4n) is 4.89. The maximum atomic E-state index is 10.6. The predicted molar refractivity (Wildman–Crippen MR) is 131 cm³/mol. The summed E-state index contributed by atoms with van der Waals surface area (Å²) in [5.41, 5.74) is 15.2. The summed E-state index contributed by atoms with van der Waals surface area (Å²) < 4.78 is 5.49. The van der Waals surface area contributed by atoms with Gasteiger partial charge in [-0.25, -0.2) is 0 Å². The number of hydrogen-bond acceptors (Lipinski definition) is 7. The molecular formula is C25H37N5O2. The molecule has 1 aliphatic heterocycles. The normalized spacial score (nSPS) is 19.2. The van der Waals surface area contributed by atoms with Crippen LogP contribution in [-0.4, -0.2) is 46.3 Å². The van der Waals surface area contributed by atoms with Crippen LogP contribution in [0.15, 0.2) is 36.2 Å². The van der Waals surface area contributed by atoms with E-state index in [0.717, 1.165) is 23.9 Å². The van der Waals surface area contributed by atoms with E-state index in [2.05, 4.69) is 42.9 Å². The lowest BCUT2D eigenvalue weighted by molar-refractivity contribution is 0.0981. The van der Waals surface area contributed by atoms with Crippen molar-refractivity contribution in [3.63, 3.8) is 0 Å². The van der Waals surface area contributed by atoms with E-state index >= 15 is 0 Å². The second kappa shape index (κ2) is 8.54. The molecule has 3 rings (SSSR count). The Labute approximate surface area is 191 Å². The average molecular weight is 440 g/mol. The van der Waals surface area contributed by atoms with Gasteiger partial charge in [-0.3, -0.25) is 4.98 Å². The van der Waals surface area contributed by atoms with Gasteiger partial charge in [0.1, 0.15) is 11.5 Å². The molecule has 0 spiro atoms. The number of pyridine rings is 1. The molecule has 2 aromatic rings. The number of nitrogens with two attached hydrogens (primary N) is 2. The monoisotopic (exact) mass is 439 g/mol. The Morgan fingerprint density at radius 2 is 1.78 bits per heavy atom. The van der Waals surface area contributed by atoms with Crippen molar-refractivity contribution < 1.29 is 9.84 Å². The molecule has 0 atom stereocenters. The van der Waals surface area contributed by atoms with Crippen molar-refractivity contribution in [1.29, 1.82) is 0 Å². The zero-order valence-corrected chi connectivity index (χ0v) is 20.3. The van der Waals surface area contributed by atoms with E-state index < -0.39 is 0 Å². The second-order valence-electron chi connectivity index (χ2n) is 10.1. The number of hydrogen-bond donors (Lipinski definition) is 4. The van der Waals surface area contributed by atoms with E-state index in [4.69, 9.17) is 16.2 Å². The molecule has 32 heavy (non-hydrogen) atoms. The zero-order valence-electron chi connectivity index (χ0n) is 20.3. The highest BCUT2D eigenvalue weighted by Gasteiger charge is 2.39. The van der Waals surface area contributed by atoms with Crippen LogP contribution in [0.25, 0.3) is 16.6 Å². The number of ether oxygens (including phenoxy) is 1. The van der Waals surface area contributed by atoms with Gasteiger partial charge in [-0.1, -0.05) is 0 Å². The van der Waals surface area contributed by atoms with Gasteiger partial charge in [0.25, 0.3) is 0 Å². The van der Waals surface area contributed by atoms with Crippen LogP contribution in [0.3, 0.4) is 0 Å². The first-order valence-corrected chi connectivity index (χ1v) is 11.0. The van der Waals surface area contributed by atoms with E-state index in [0.29, 0.717) is 34.4 Å². The van der Waals surface area contributed by atoms with E-state index in [1.165, 1.54) is 0 Å². The lowest BCUT2D eigenvalue weighted by Crippen LogP contribution is -2.61. The van der Waals surface area contributed by atoms with Gasteiger partial charge < -0.3 is 31.5 Å². The van der Waals surface area contributed by atoms with Gasteiger partial charge >= 0.3 is 0 Å². The third-order valence-electron chi connectivity index (χ3n) is 6.10. The number of phenolic OH excluding ortho intramolecular Hbond substituents is 1. The highest BCUT2D eigenvalue weighted by Crippen LogP contribution is 2.34. The summed E-state index contributed by atoms with van der Waals surface area (Å²) in [6.07, 6.45) is 5.50. The quantitative estimate of drug-likeness (QED) is 0.527. The lowest BCUT2D eigenvalue weighted by Gasteiger charge is -2.49. The van der Waals surface area contributed by atoms with Gasteiger partial charge in [-0.15, -0.1) is 0 Å². The van der Waals surface area contributed by atoms with Crippen LogP contribution in [0.2, 0.25) is 0 Å². The molecule has 1 saturated heterocycles. The van der Waals surface area contributed by atoms with Crippen LogP contribution in [0.1, 0.15) is 51.8 Å². The summed E-state index contributed by atoms with van der Waals surface area (Å²) in [6.45, 7) is 10.8. The van der Waals surface area contributed by atoms with Crippen LogP contribution < -0.4 is 21.5 Å². The van der Waals surface area contributed by atoms with Crippen molar-refractivity contribution in [2.24, 2.45) is 11.5 Å². The number of nitrogens with one attached hydrogen (secondary N) is 1. The highest BCUT2D eigenvalue weighted by atomic mass is 16.5. The Morgan fingerprint density at radius 3 is 2.38 bits per heavy atom. The number of aryl methyl sites for hydroxylation is 1. The Hall–Kier alpha value is -2.93. The number of piperidine rings is 1. The first-order chi connectivity index (χ1) is 14.8. The Morgan fingerprint density at radius 1 is 1.16 bits per heavy atom. The van der Waals surface area contributed by atoms with Crippen molar-refractivity contribution in [2.75, 3.05) is 14.2 Å². The smallest absolute Gasteiger partial charge is 0.130 e. The molecule has 1 aromatic carbocycles. The van der Waals surface area contributed by atoms with Crippen molar-refractivity contribution >= 4 is 16.6 Å². The molecule has 0 radical (unpaired) electrons. The molecule has 6 N–H and O–H groups in total. The van der Waals surface area contributed by atoms with Gasteiger partial charge in [0.15, 0.2) is 0 Å². The number of nitrogens with zero attached hydrogens (tertiary/aromatic N) is 2.